The number of piperazine rings is 1. The van der Waals surface area contributed by atoms with Gasteiger partial charge in [-0.05, 0) is 24.6 Å². The highest BCUT2D eigenvalue weighted by Crippen LogP contribution is 2.15. The lowest BCUT2D eigenvalue weighted by atomic mass is 10.1. The molecule has 0 aliphatic carbocycles. The molecule has 1 N–H and O–H groups in total. The minimum Gasteiger partial charge on any atom is -0.490 e. The summed E-state index contributed by atoms with van der Waals surface area (Å²) in [5, 5.41) is 3.46. The molecule has 1 atom stereocenters. The number of hydrogen-bond donors (Lipinski definition) is 1. The Morgan fingerprint density at radius 1 is 1.56 bits per heavy atom. The molecule has 1 aliphatic rings. The molecular formula is C15H22N2O. The number of benzene rings is 1. The van der Waals surface area contributed by atoms with Gasteiger partial charge in [-0.25, -0.2) is 0 Å². The van der Waals surface area contributed by atoms with E-state index in [0.29, 0.717) is 12.6 Å². The summed E-state index contributed by atoms with van der Waals surface area (Å²) in [6, 6.07) is 8.91. The first-order chi connectivity index (χ1) is 8.78. The second kappa shape index (κ2) is 6.57. The van der Waals surface area contributed by atoms with Crippen molar-refractivity contribution in [1.82, 2.24) is 10.2 Å². The fourth-order valence-electron chi connectivity index (χ4n) is 2.30. The maximum atomic E-state index is 5.56. The van der Waals surface area contributed by atoms with Gasteiger partial charge in [-0.2, -0.15) is 0 Å². The van der Waals surface area contributed by atoms with Crippen LogP contribution in [0, 0.1) is 0 Å². The molecule has 1 heterocycles. The molecule has 3 nitrogen and oxygen atoms in total. The van der Waals surface area contributed by atoms with Crippen LogP contribution in [0.2, 0.25) is 0 Å². The van der Waals surface area contributed by atoms with Crippen LogP contribution in [-0.2, 0) is 6.54 Å². The van der Waals surface area contributed by atoms with Crippen LogP contribution in [0.25, 0.3) is 0 Å². The first kappa shape index (κ1) is 13.1. The van der Waals surface area contributed by atoms with Crippen LogP contribution in [0.4, 0.5) is 0 Å². The lowest BCUT2D eigenvalue weighted by molar-refractivity contribution is 0.199. The summed E-state index contributed by atoms with van der Waals surface area (Å²) in [7, 11) is 0. The number of nitrogens with zero attached hydrogens (tertiary/aromatic N) is 1. The van der Waals surface area contributed by atoms with Crippen LogP contribution >= 0.6 is 0 Å². The molecule has 1 aromatic carbocycles. The van der Waals surface area contributed by atoms with Crippen molar-refractivity contribution in [3.63, 3.8) is 0 Å². The summed E-state index contributed by atoms with van der Waals surface area (Å²) in [6.07, 6.45) is 1.77. The summed E-state index contributed by atoms with van der Waals surface area (Å²) >= 11 is 0. The van der Waals surface area contributed by atoms with Gasteiger partial charge in [-0.3, -0.25) is 4.90 Å². The lowest BCUT2D eigenvalue weighted by Gasteiger charge is -2.31. The van der Waals surface area contributed by atoms with Crippen LogP contribution in [0.5, 0.6) is 5.75 Å². The van der Waals surface area contributed by atoms with E-state index < -0.39 is 0 Å². The van der Waals surface area contributed by atoms with Gasteiger partial charge >= 0.3 is 0 Å². The monoisotopic (exact) mass is 246 g/mol. The second-order valence-corrected chi connectivity index (χ2v) is 4.84. The molecule has 0 bridgehead atoms. The maximum absolute atomic E-state index is 5.56. The molecule has 1 unspecified atom stereocenters. The van der Waals surface area contributed by atoms with E-state index in [1.165, 1.54) is 5.56 Å². The zero-order valence-electron chi connectivity index (χ0n) is 11.1. The predicted molar refractivity (Wildman–Crippen MR) is 74.9 cm³/mol. The van der Waals surface area contributed by atoms with Crippen molar-refractivity contribution < 1.29 is 4.74 Å². The van der Waals surface area contributed by atoms with Crippen LogP contribution in [0.1, 0.15) is 12.5 Å². The van der Waals surface area contributed by atoms with E-state index in [2.05, 4.69) is 41.9 Å². The van der Waals surface area contributed by atoms with Crippen LogP contribution < -0.4 is 10.1 Å². The minimum absolute atomic E-state index is 0.564. The van der Waals surface area contributed by atoms with Crippen molar-refractivity contribution >= 4 is 0 Å². The zero-order valence-corrected chi connectivity index (χ0v) is 11.1. The molecule has 2 rings (SSSR count). The Bertz CT molecular complexity index is 392. The smallest absolute Gasteiger partial charge is 0.120 e. The van der Waals surface area contributed by atoms with E-state index in [9.17, 15) is 0 Å². The molecular weight excluding hydrogens is 224 g/mol. The largest absolute Gasteiger partial charge is 0.490 e. The van der Waals surface area contributed by atoms with Gasteiger partial charge in [0.1, 0.15) is 12.4 Å². The SMILES string of the molecule is C=CCOc1cccc(CN2CCNC(C)C2)c1. The van der Waals surface area contributed by atoms with Gasteiger partial charge in [-0.1, -0.05) is 24.8 Å². The molecule has 0 amide bonds. The number of hydrogen-bond acceptors (Lipinski definition) is 3. The lowest BCUT2D eigenvalue weighted by Crippen LogP contribution is -2.48. The number of ether oxygens (including phenoxy) is 1. The Balaban J connectivity index is 1.93. The topological polar surface area (TPSA) is 24.5 Å². The van der Waals surface area contributed by atoms with E-state index in [1.807, 2.05) is 6.07 Å². The minimum atomic E-state index is 0.564. The average molecular weight is 246 g/mol. The third kappa shape index (κ3) is 3.86. The molecule has 1 aromatic rings. The van der Waals surface area contributed by atoms with Gasteiger partial charge in [-0.15, -0.1) is 0 Å². The van der Waals surface area contributed by atoms with Crippen molar-refractivity contribution in [3.8, 4) is 5.75 Å². The highest BCUT2D eigenvalue weighted by Gasteiger charge is 2.15. The van der Waals surface area contributed by atoms with E-state index in [1.54, 1.807) is 6.08 Å². The molecule has 1 fully saturated rings. The first-order valence-corrected chi connectivity index (χ1v) is 6.56. The Kier molecular flexibility index (Phi) is 4.79. The summed E-state index contributed by atoms with van der Waals surface area (Å²) in [4.78, 5) is 2.48. The van der Waals surface area contributed by atoms with Gasteiger partial charge in [0.2, 0.25) is 0 Å². The Morgan fingerprint density at radius 3 is 3.22 bits per heavy atom. The van der Waals surface area contributed by atoms with Crippen molar-refractivity contribution in [2.75, 3.05) is 26.2 Å². The Labute approximate surface area is 109 Å². The molecule has 1 saturated heterocycles. The van der Waals surface area contributed by atoms with Gasteiger partial charge in [0, 0.05) is 32.2 Å². The highest BCUT2D eigenvalue weighted by atomic mass is 16.5. The molecule has 0 saturated carbocycles. The molecule has 18 heavy (non-hydrogen) atoms. The molecule has 0 radical (unpaired) electrons. The van der Waals surface area contributed by atoms with Crippen LogP contribution in [0.15, 0.2) is 36.9 Å². The Morgan fingerprint density at radius 2 is 2.44 bits per heavy atom. The zero-order chi connectivity index (χ0) is 12.8. The fourth-order valence-corrected chi connectivity index (χ4v) is 2.30. The summed E-state index contributed by atoms with van der Waals surface area (Å²) < 4.78 is 5.56. The summed E-state index contributed by atoms with van der Waals surface area (Å²) in [6.45, 7) is 10.8. The molecule has 0 aromatic heterocycles. The number of nitrogens with one attached hydrogen (secondary N) is 1. The van der Waals surface area contributed by atoms with Gasteiger partial charge in [0.25, 0.3) is 0 Å². The molecule has 1 aliphatic heterocycles. The third-order valence-corrected chi connectivity index (χ3v) is 3.13. The van der Waals surface area contributed by atoms with Crippen molar-refractivity contribution in [3.05, 3.63) is 42.5 Å². The summed E-state index contributed by atoms with van der Waals surface area (Å²) in [5.41, 5.74) is 1.31. The second-order valence-electron chi connectivity index (χ2n) is 4.84. The quantitative estimate of drug-likeness (QED) is 0.805. The van der Waals surface area contributed by atoms with Crippen molar-refractivity contribution in [2.24, 2.45) is 0 Å². The third-order valence-electron chi connectivity index (χ3n) is 3.13. The van der Waals surface area contributed by atoms with Crippen molar-refractivity contribution in [2.45, 2.75) is 19.5 Å². The van der Waals surface area contributed by atoms with E-state index in [4.69, 9.17) is 4.74 Å². The van der Waals surface area contributed by atoms with Gasteiger partial charge < -0.3 is 10.1 Å². The van der Waals surface area contributed by atoms with Gasteiger partial charge in [0.15, 0.2) is 0 Å². The maximum Gasteiger partial charge on any atom is 0.120 e. The fraction of sp³-hybridized carbons (Fsp3) is 0.467. The molecule has 3 heteroatoms. The first-order valence-electron chi connectivity index (χ1n) is 6.56. The number of rotatable bonds is 5. The predicted octanol–water partition coefficient (Wildman–Crippen LogP) is 2.05. The van der Waals surface area contributed by atoms with Gasteiger partial charge in [0.05, 0.1) is 0 Å². The average Bonchev–Trinajstić information content (AvgIpc) is 2.37. The highest BCUT2D eigenvalue weighted by molar-refractivity contribution is 5.28. The van der Waals surface area contributed by atoms with Crippen molar-refractivity contribution in [1.29, 1.82) is 0 Å². The van der Waals surface area contributed by atoms with E-state index in [-0.39, 0.29) is 0 Å². The summed E-state index contributed by atoms with van der Waals surface area (Å²) in [5.74, 6) is 0.926. The van der Waals surface area contributed by atoms with E-state index in [0.717, 1.165) is 31.9 Å². The van der Waals surface area contributed by atoms with Crippen LogP contribution in [0.3, 0.4) is 0 Å². The van der Waals surface area contributed by atoms with E-state index >= 15 is 0 Å². The Hall–Kier alpha value is -1.32. The molecule has 0 spiro atoms. The standard InChI is InChI=1S/C15H22N2O/c1-3-9-18-15-6-4-5-14(10-15)12-17-8-7-16-13(2)11-17/h3-6,10,13,16H,1,7-9,11-12H2,2H3. The normalized spacial score (nSPS) is 20.6. The molecule has 98 valence electrons. The van der Waals surface area contributed by atoms with Crippen LogP contribution in [-0.4, -0.2) is 37.2 Å².